The second-order valence-electron chi connectivity index (χ2n) is 4.34. The predicted octanol–water partition coefficient (Wildman–Crippen LogP) is 1.24. The van der Waals surface area contributed by atoms with Crippen LogP contribution in [0.3, 0.4) is 0 Å². The van der Waals surface area contributed by atoms with E-state index in [2.05, 4.69) is 27.1 Å². The molecule has 5 nitrogen and oxygen atoms in total. The average molecular weight is 231 g/mol. The van der Waals surface area contributed by atoms with Gasteiger partial charge >= 0.3 is 0 Å². The van der Waals surface area contributed by atoms with E-state index in [0.29, 0.717) is 17.6 Å². The maximum absolute atomic E-state index is 8.89. The minimum atomic E-state index is 0.362. The number of hydrogen-bond donors (Lipinski definition) is 1. The molecule has 0 radical (unpaired) electrons. The summed E-state index contributed by atoms with van der Waals surface area (Å²) in [6, 6.07) is 2.50. The first-order chi connectivity index (χ1) is 8.31. The van der Waals surface area contributed by atoms with Crippen LogP contribution >= 0.6 is 0 Å². The summed E-state index contributed by atoms with van der Waals surface area (Å²) >= 11 is 0. The van der Waals surface area contributed by atoms with E-state index in [1.165, 1.54) is 32.1 Å². The first kappa shape index (κ1) is 11.8. The topological polar surface area (TPSA) is 64.8 Å². The van der Waals surface area contributed by atoms with Crippen molar-refractivity contribution in [1.29, 1.82) is 5.26 Å². The number of likely N-dealkylation sites (tertiary alicyclic amines) is 1. The molecule has 90 valence electrons. The third kappa shape index (κ3) is 2.92. The maximum atomic E-state index is 8.89. The van der Waals surface area contributed by atoms with Crippen LogP contribution < -0.4 is 5.32 Å². The molecule has 2 heterocycles. The summed E-state index contributed by atoms with van der Waals surface area (Å²) in [5.41, 5.74) is 0.362. The van der Waals surface area contributed by atoms with Crippen LogP contribution in [-0.2, 0) is 0 Å². The van der Waals surface area contributed by atoms with Crippen LogP contribution in [0.5, 0.6) is 0 Å². The van der Waals surface area contributed by atoms with Gasteiger partial charge in [-0.25, -0.2) is 9.97 Å². The van der Waals surface area contributed by atoms with Crippen LogP contribution in [0, 0.1) is 11.3 Å². The zero-order valence-corrected chi connectivity index (χ0v) is 10.1. The van der Waals surface area contributed by atoms with E-state index in [4.69, 9.17) is 5.26 Å². The lowest BCUT2D eigenvalue weighted by atomic mass is 10.3. The molecule has 0 saturated carbocycles. The van der Waals surface area contributed by atoms with Gasteiger partial charge in [0.2, 0.25) is 0 Å². The summed E-state index contributed by atoms with van der Waals surface area (Å²) in [4.78, 5) is 10.6. The van der Waals surface area contributed by atoms with Gasteiger partial charge in [0.05, 0.1) is 0 Å². The van der Waals surface area contributed by atoms with Crippen LogP contribution in [0.4, 0.5) is 5.82 Å². The summed E-state index contributed by atoms with van der Waals surface area (Å²) in [5, 5.41) is 12.1. The summed E-state index contributed by atoms with van der Waals surface area (Å²) < 4.78 is 0. The standard InChI is InChI=1S/C12H17N5/c1-10(17-6-2-3-7-17)9-16-12-11(8-13)14-4-5-15-12/h4-5,10H,2-3,6-7,9H2,1H3,(H,15,16). The lowest BCUT2D eigenvalue weighted by molar-refractivity contribution is 0.269. The van der Waals surface area contributed by atoms with Gasteiger partial charge in [0.25, 0.3) is 0 Å². The molecule has 1 aromatic heterocycles. The molecule has 1 N–H and O–H groups in total. The molecule has 0 aromatic carbocycles. The quantitative estimate of drug-likeness (QED) is 0.844. The van der Waals surface area contributed by atoms with E-state index < -0.39 is 0 Å². The number of nitrogens with zero attached hydrogens (tertiary/aromatic N) is 4. The third-order valence-corrected chi connectivity index (χ3v) is 3.13. The first-order valence-corrected chi connectivity index (χ1v) is 6.00. The van der Waals surface area contributed by atoms with Gasteiger partial charge in [-0.3, -0.25) is 4.90 Å². The van der Waals surface area contributed by atoms with Crippen molar-refractivity contribution >= 4 is 5.82 Å². The molecule has 0 spiro atoms. The first-order valence-electron chi connectivity index (χ1n) is 6.00. The molecule has 1 unspecified atom stereocenters. The van der Waals surface area contributed by atoms with Gasteiger partial charge in [-0.2, -0.15) is 5.26 Å². The second-order valence-corrected chi connectivity index (χ2v) is 4.34. The molecule has 0 bridgehead atoms. The van der Waals surface area contributed by atoms with Crippen LogP contribution in [0.2, 0.25) is 0 Å². The Morgan fingerprint density at radius 3 is 2.82 bits per heavy atom. The van der Waals surface area contributed by atoms with Crippen LogP contribution in [0.15, 0.2) is 12.4 Å². The highest BCUT2D eigenvalue weighted by molar-refractivity contribution is 5.46. The number of nitriles is 1. The number of nitrogens with one attached hydrogen (secondary N) is 1. The molecule has 1 atom stereocenters. The largest absolute Gasteiger partial charge is 0.366 e. The predicted molar refractivity (Wildman–Crippen MR) is 65.5 cm³/mol. The minimum Gasteiger partial charge on any atom is -0.366 e. The van der Waals surface area contributed by atoms with Crippen molar-refractivity contribution in [2.24, 2.45) is 0 Å². The number of rotatable bonds is 4. The van der Waals surface area contributed by atoms with Crippen molar-refractivity contribution in [3.63, 3.8) is 0 Å². The molecule has 1 fully saturated rings. The van der Waals surface area contributed by atoms with Gasteiger partial charge in [0, 0.05) is 25.0 Å². The van der Waals surface area contributed by atoms with Crippen LogP contribution in [0.1, 0.15) is 25.5 Å². The fraction of sp³-hybridized carbons (Fsp3) is 0.583. The Hall–Kier alpha value is -1.67. The summed E-state index contributed by atoms with van der Waals surface area (Å²) in [5.74, 6) is 0.584. The van der Waals surface area contributed by atoms with Crippen molar-refractivity contribution in [3.05, 3.63) is 18.1 Å². The molecular weight excluding hydrogens is 214 g/mol. The molecule has 1 saturated heterocycles. The Labute approximate surface area is 101 Å². The van der Waals surface area contributed by atoms with Crippen molar-refractivity contribution in [1.82, 2.24) is 14.9 Å². The Balaban J connectivity index is 1.91. The van der Waals surface area contributed by atoms with Crippen LogP contribution in [-0.4, -0.2) is 40.5 Å². The number of anilines is 1. The van der Waals surface area contributed by atoms with Crippen molar-refractivity contribution < 1.29 is 0 Å². The normalized spacial score (nSPS) is 17.6. The van der Waals surface area contributed by atoms with Gasteiger partial charge in [-0.1, -0.05) is 0 Å². The third-order valence-electron chi connectivity index (χ3n) is 3.13. The fourth-order valence-electron chi connectivity index (χ4n) is 2.11. The van der Waals surface area contributed by atoms with E-state index in [1.54, 1.807) is 6.20 Å². The fourth-order valence-corrected chi connectivity index (χ4v) is 2.11. The molecule has 1 aliphatic rings. The van der Waals surface area contributed by atoms with E-state index >= 15 is 0 Å². The summed E-state index contributed by atoms with van der Waals surface area (Å²) in [6.45, 7) is 5.34. The molecule has 2 rings (SSSR count). The smallest absolute Gasteiger partial charge is 0.182 e. The van der Waals surface area contributed by atoms with E-state index in [-0.39, 0.29) is 0 Å². The SMILES string of the molecule is CC(CNc1nccnc1C#N)N1CCCC1. The van der Waals surface area contributed by atoms with E-state index in [0.717, 1.165) is 6.54 Å². The Bertz CT molecular complexity index is 406. The maximum Gasteiger partial charge on any atom is 0.182 e. The lowest BCUT2D eigenvalue weighted by Crippen LogP contribution is -2.35. The highest BCUT2D eigenvalue weighted by Crippen LogP contribution is 2.13. The molecule has 1 aromatic rings. The highest BCUT2D eigenvalue weighted by Gasteiger charge is 2.18. The van der Waals surface area contributed by atoms with Gasteiger partial charge in [0.15, 0.2) is 11.5 Å². The zero-order chi connectivity index (χ0) is 12.1. The summed E-state index contributed by atoms with van der Waals surface area (Å²) in [6.07, 6.45) is 5.72. The second kappa shape index (κ2) is 5.60. The van der Waals surface area contributed by atoms with E-state index in [1.807, 2.05) is 6.07 Å². The lowest BCUT2D eigenvalue weighted by Gasteiger charge is -2.24. The number of hydrogen-bond acceptors (Lipinski definition) is 5. The Kier molecular flexibility index (Phi) is 3.89. The van der Waals surface area contributed by atoms with Gasteiger partial charge in [-0.15, -0.1) is 0 Å². The molecular formula is C12H17N5. The minimum absolute atomic E-state index is 0.362. The van der Waals surface area contributed by atoms with Crippen molar-refractivity contribution in [2.75, 3.05) is 25.0 Å². The molecule has 1 aliphatic heterocycles. The van der Waals surface area contributed by atoms with Crippen molar-refractivity contribution in [3.8, 4) is 6.07 Å². The molecule has 0 amide bonds. The average Bonchev–Trinajstić information content (AvgIpc) is 2.90. The highest BCUT2D eigenvalue weighted by atomic mass is 15.2. The van der Waals surface area contributed by atoms with Gasteiger partial charge in [0.1, 0.15) is 6.07 Å². The van der Waals surface area contributed by atoms with Crippen molar-refractivity contribution in [2.45, 2.75) is 25.8 Å². The van der Waals surface area contributed by atoms with Gasteiger partial charge in [-0.05, 0) is 32.9 Å². The Morgan fingerprint density at radius 1 is 1.41 bits per heavy atom. The molecule has 17 heavy (non-hydrogen) atoms. The summed E-state index contributed by atoms with van der Waals surface area (Å²) in [7, 11) is 0. The monoisotopic (exact) mass is 231 g/mol. The molecule has 0 aliphatic carbocycles. The van der Waals surface area contributed by atoms with Crippen LogP contribution in [0.25, 0.3) is 0 Å². The zero-order valence-electron chi connectivity index (χ0n) is 10.1. The van der Waals surface area contributed by atoms with Gasteiger partial charge < -0.3 is 5.32 Å². The number of aromatic nitrogens is 2. The Morgan fingerprint density at radius 2 is 2.12 bits per heavy atom. The molecule has 5 heteroatoms. The van der Waals surface area contributed by atoms with E-state index in [9.17, 15) is 0 Å².